The van der Waals surface area contributed by atoms with Crippen molar-refractivity contribution in [2.75, 3.05) is 81.2 Å². The fraction of sp³-hybridized carbons (Fsp3) is 0.404. The van der Waals surface area contributed by atoms with Gasteiger partial charge in [0.05, 0.1) is 86.7 Å². The fourth-order valence-corrected chi connectivity index (χ4v) is 10.5. The average Bonchev–Trinajstić information content (AvgIpc) is 3.99. The van der Waals surface area contributed by atoms with E-state index in [0.29, 0.717) is 36.9 Å². The number of carbonyl (C=O) groups excluding carboxylic acids is 5. The summed E-state index contributed by atoms with van der Waals surface area (Å²) in [5, 5.41) is 63.7. The molecule has 3 heterocycles. The van der Waals surface area contributed by atoms with Gasteiger partial charge in [-0.3, -0.25) is 9.79 Å². The fourth-order valence-electron chi connectivity index (χ4n) is 8.95. The van der Waals surface area contributed by atoms with E-state index < -0.39 is 79.5 Å². The molecule has 7 rings (SSSR count). The van der Waals surface area contributed by atoms with Crippen LogP contribution in [0.25, 0.3) is 33.4 Å². The van der Waals surface area contributed by atoms with Crippen molar-refractivity contribution in [3.8, 4) is 39.7 Å². The number of unbranched alkanes of at least 4 members (excludes halogenated alkanes) is 3. The summed E-state index contributed by atoms with van der Waals surface area (Å²) in [7, 11) is 0. The van der Waals surface area contributed by atoms with Gasteiger partial charge in [0, 0.05) is 52.7 Å². The van der Waals surface area contributed by atoms with Gasteiger partial charge < -0.3 is 88.6 Å². The number of hydrogen-bond donors (Lipinski definition) is 4. The largest absolute Gasteiger partial charge is 1.00 e. The third kappa shape index (κ3) is 22.4. The van der Waals surface area contributed by atoms with E-state index in [1.54, 1.807) is 6.07 Å². The van der Waals surface area contributed by atoms with Crippen molar-refractivity contribution in [1.29, 1.82) is 0 Å². The zero-order chi connectivity index (χ0) is 55.0. The average molecular weight is 1250 g/mol. The van der Waals surface area contributed by atoms with E-state index in [1.807, 2.05) is 11.8 Å². The Hall–Kier alpha value is -1.35. The first-order valence-electron chi connectivity index (χ1n) is 24.6. The first kappa shape index (κ1) is 73.9. The molecule has 22 nitrogen and oxygen atoms in total. The number of fused-ring (bicyclic) bond motifs is 3. The standard InChI is InChI=1S/C52H58F2N6O16S.4K/c53-34-20-32-42(22-39(34)61)76-43-23-40(62)35(54)21-33(43)50(32)31-8-9-37(59(24-46(63)64)25-47(65)66)44(19-31)74-17-16-73-41-10-7-30(18-38(41)60(26-48(67)68)27-49(69)70)11-15-75-56-13-4-1-3-12-55-29-72-14-5-2-6-45-51-36(28-77-45)57-52(71)58-51;;;;/h7-10,18-23,29,36,45,51,56,61H,1-6,11-17,24-28H2,(H,63,64)(H,65,66)(H,67,68)(H,69,70)(H2,57,58,71);;;;/q;4*+1/p-4. The number of hydrogen-bond acceptors (Lipinski definition) is 21. The smallest absolute Gasteiger partial charge is 0.548 e. The number of benzene rings is 4. The van der Waals surface area contributed by atoms with Gasteiger partial charge in [0.15, 0.2) is 23.8 Å². The summed E-state index contributed by atoms with van der Waals surface area (Å²) in [6.07, 6.45) is 7.23. The quantitative estimate of drug-likeness (QED) is 0.00591. The second kappa shape index (κ2) is 37.4. The molecular weight excluding hydrogens is 1190 g/mol. The van der Waals surface area contributed by atoms with Gasteiger partial charge in [-0.05, 0) is 86.1 Å². The maximum absolute atomic E-state index is 14.9. The minimum Gasteiger partial charge on any atom is -0.548 e. The van der Waals surface area contributed by atoms with Crippen LogP contribution >= 0.6 is 11.8 Å². The number of urea groups is 1. The molecule has 3 unspecified atom stereocenters. The molecule has 4 aliphatic rings. The molecule has 2 amide bonds. The molecule has 0 bridgehead atoms. The number of phenols is 1. The van der Waals surface area contributed by atoms with E-state index in [4.69, 9.17) is 23.5 Å². The summed E-state index contributed by atoms with van der Waals surface area (Å²) in [5.41, 5.74) is 2.46. The maximum Gasteiger partial charge on any atom is 1.00 e. The first-order valence-corrected chi connectivity index (χ1v) is 25.6. The minimum absolute atomic E-state index is 0. The van der Waals surface area contributed by atoms with Gasteiger partial charge in [0.25, 0.3) is 0 Å². The Morgan fingerprint density at radius 2 is 1.43 bits per heavy atom. The second-order valence-corrected chi connectivity index (χ2v) is 19.3. The summed E-state index contributed by atoms with van der Waals surface area (Å²) in [4.78, 5) is 82.8. The second-order valence-electron chi connectivity index (χ2n) is 18.0. The molecule has 0 radical (unpaired) electrons. The number of carbonyl (C=O) groups is 5. The SMILES string of the molecule is O=C([O-])CN(CC(=O)[O-])c1ccc(-c2c3cc(F)c(=O)cc-3oc3cc(O)c(F)cc23)cc1OCCOc1ccc(CCONCCCCCN=COCCCCC2SCC3NC(=O)NC32)cc1N(CC(=O)[O-])CC(=O)[O-].[K+].[K+].[K+].[K+]. The zero-order valence-corrected chi connectivity index (χ0v) is 58.7. The van der Waals surface area contributed by atoms with E-state index >= 15 is 0 Å². The van der Waals surface area contributed by atoms with E-state index in [0.717, 1.165) is 78.3 Å². The monoisotopic (exact) mass is 1240 g/mol. The van der Waals surface area contributed by atoms with Crippen molar-refractivity contribution in [2.45, 2.75) is 62.3 Å². The number of thioether (sulfide) groups is 1. The number of rotatable bonds is 32. The van der Waals surface area contributed by atoms with Gasteiger partial charge in [0.2, 0.25) is 5.43 Å². The van der Waals surface area contributed by atoms with E-state index in [-0.39, 0.29) is 293 Å². The Morgan fingerprint density at radius 1 is 0.753 bits per heavy atom. The molecule has 3 aromatic carbocycles. The molecule has 1 aliphatic carbocycles. The topological polar surface area (TPSA) is 320 Å². The molecular formula is C52H54F2K4N6O16S. The molecule has 2 fully saturated rings. The van der Waals surface area contributed by atoms with Gasteiger partial charge in [-0.2, -0.15) is 11.8 Å². The number of anilines is 2. The maximum atomic E-state index is 14.9. The van der Waals surface area contributed by atoms with Crippen LogP contribution in [-0.2, 0) is 35.2 Å². The summed E-state index contributed by atoms with van der Waals surface area (Å²) >= 11 is 1.89. The molecule has 81 heavy (non-hydrogen) atoms. The van der Waals surface area contributed by atoms with Crippen LogP contribution in [0, 0.1) is 11.6 Å². The number of ether oxygens (including phenoxy) is 3. The van der Waals surface area contributed by atoms with Crippen LogP contribution in [0.15, 0.2) is 74.9 Å². The van der Waals surface area contributed by atoms with Crippen molar-refractivity contribution in [3.63, 3.8) is 0 Å². The van der Waals surface area contributed by atoms with Crippen LogP contribution in [0.1, 0.15) is 44.1 Å². The van der Waals surface area contributed by atoms with E-state index in [9.17, 15) is 63.1 Å². The van der Waals surface area contributed by atoms with Crippen LogP contribution in [0.3, 0.4) is 0 Å². The number of aliphatic carboxylic acids is 4. The summed E-state index contributed by atoms with van der Waals surface area (Å²) in [6.45, 7) is -2.48. The molecule has 3 aliphatic heterocycles. The number of carboxylic acid groups (broad SMARTS) is 4. The third-order valence-electron chi connectivity index (χ3n) is 12.4. The Bertz CT molecular complexity index is 2970. The number of aromatic hydroxyl groups is 1. The molecule has 3 atom stereocenters. The number of carboxylic acids is 4. The summed E-state index contributed by atoms with van der Waals surface area (Å²) in [6, 6.07) is 12.5. The molecule has 29 heteroatoms. The van der Waals surface area contributed by atoms with Crippen molar-refractivity contribution in [3.05, 3.63) is 88.1 Å². The first-order chi connectivity index (χ1) is 37.0. The van der Waals surface area contributed by atoms with Gasteiger partial charge in [-0.15, -0.1) is 0 Å². The van der Waals surface area contributed by atoms with Gasteiger partial charge in [0.1, 0.15) is 36.1 Å². The Labute approximate surface area is 638 Å². The van der Waals surface area contributed by atoms with E-state index in [2.05, 4.69) is 21.1 Å². The van der Waals surface area contributed by atoms with Crippen molar-refractivity contribution >= 4 is 70.4 Å². The minimum atomic E-state index is -1.67. The predicted octanol–water partition coefficient (Wildman–Crippen LogP) is -11.8. The molecule has 0 saturated carbocycles. The van der Waals surface area contributed by atoms with Crippen LogP contribution in [-0.4, -0.2) is 130 Å². The number of amides is 2. The normalized spacial score (nSPS) is 15.0. The molecule has 4 N–H and O–H groups in total. The molecule has 0 aromatic heterocycles. The zero-order valence-electron chi connectivity index (χ0n) is 45.4. The number of nitrogens with zero attached hydrogens (tertiary/aromatic N) is 3. The number of aliphatic imine (C=N–C) groups is 1. The molecule has 0 spiro atoms. The third-order valence-corrected chi connectivity index (χ3v) is 13.9. The van der Waals surface area contributed by atoms with Gasteiger partial charge in [-0.25, -0.2) is 19.1 Å². The Balaban J connectivity index is 0.00000431. The van der Waals surface area contributed by atoms with Crippen LogP contribution in [0.4, 0.5) is 25.0 Å². The molecule has 3 aromatic rings. The van der Waals surface area contributed by atoms with Crippen LogP contribution < -0.4 is 267 Å². The van der Waals surface area contributed by atoms with Crippen molar-refractivity contribution in [2.24, 2.45) is 4.99 Å². The summed E-state index contributed by atoms with van der Waals surface area (Å²) in [5.74, 6) is -9.01. The van der Waals surface area contributed by atoms with E-state index in [1.165, 1.54) is 36.7 Å². The number of phenolic OH excluding ortho intramolecular Hbond substituents is 1. The number of nitrogens with one attached hydrogen (secondary N) is 3. The number of hydroxylamine groups is 1. The van der Waals surface area contributed by atoms with Crippen LogP contribution in [0.2, 0.25) is 0 Å². The van der Waals surface area contributed by atoms with Gasteiger partial charge >= 0.3 is 212 Å². The molecule has 412 valence electrons. The van der Waals surface area contributed by atoms with Crippen molar-refractivity contribution in [1.82, 2.24) is 16.1 Å². The molecule has 2 saturated heterocycles. The van der Waals surface area contributed by atoms with Crippen LogP contribution in [0.5, 0.6) is 17.2 Å². The van der Waals surface area contributed by atoms with Crippen molar-refractivity contribution < 1.29 is 287 Å². The Morgan fingerprint density at radius 3 is 2.12 bits per heavy atom. The Kier molecular flexibility index (Phi) is 34.1. The number of halogens is 2. The predicted molar refractivity (Wildman–Crippen MR) is 268 cm³/mol. The van der Waals surface area contributed by atoms with Gasteiger partial charge in [-0.1, -0.05) is 18.6 Å². The summed E-state index contributed by atoms with van der Waals surface area (Å²) < 4.78 is 53.1.